The number of allylic oxidation sites excluding steroid dienone is 5. The van der Waals surface area contributed by atoms with Gasteiger partial charge in [-0.2, -0.15) is 0 Å². The monoisotopic (exact) mass is 346 g/mol. The highest BCUT2D eigenvalue weighted by atomic mass is 16.7. The van der Waals surface area contributed by atoms with Gasteiger partial charge in [0.2, 0.25) is 6.29 Å². The van der Waals surface area contributed by atoms with Gasteiger partial charge in [-0.15, -0.1) is 0 Å². The molecule has 0 amide bonds. The molecule has 0 N–H and O–H groups in total. The van der Waals surface area contributed by atoms with Crippen molar-refractivity contribution in [3.8, 4) is 0 Å². The first kappa shape index (κ1) is 20.0. The van der Waals surface area contributed by atoms with E-state index < -0.39 is 6.29 Å². The van der Waals surface area contributed by atoms with Gasteiger partial charge in [0, 0.05) is 12.8 Å². The number of hydrogen-bond donors (Lipinski definition) is 0. The van der Waals surface area contributed by atoms with Crippen LogP contribution in [0, 0.1) is 17.8 Å². The fraction of sp³-hybridized carbons (Fsp3) is 0.682. The molecule has 1 saturated heterocycles. The van der Waals surface area contributed by atoms with Crippen molar-refractivity contribution < 1.29 is 14.3 Å². The molecular weight excluding hydrogens is 312 g/mol. The van der Waals surface area contributed by atoms with Crippen molar-refractivity contribution >= 4 is 5.97 Å². The van der Waals surface area contributed by atoms with E-state index in [2.05, 4.69) is 45.9 Å². The summed E-state index contributed by atoms with van der Waals surface area (Å²) >= 11 is 0. The summed E-state index contributed by atoms with van der Waals surface area (Å²) in [4.78, 5) is 11.5. The Morgan fingerprint density at radius 2 is 2.12 bits per heavy atom. The Morgan fingerprint density at radius 3 is 2.80 bits per heavy atom. The third-order valence-electron chi connectivity index (χ3n) is 5.50. The van der Waals surface area contributed by atoms with E-state index in [0.29, 0.717) is 18.4 Å². The lowest BCUT2D eigenvalue weighted by Crippen LogP contribution is -2.32. The Bertz CT molecular complexity index is 552. The average Bonchev–Trinajstić information content (AvgIpc) is 2.91. The van der Waals surface area contributed by atoms with Crippen LogP contribution in [0.4, 0.5) is 0 Å². The number of rotatable bonds is 5. The van der Waals surface area contributed by atoms with E-state index in [-0.39, 0.29) is 11.9 Å². The van der Waals surface area contributed by atoms with Crippen LogP contribution in [0.25, 0.3) is 0 Å². The molecule has 4 unspecified atom stereocenters. The van der Waals surface area contributed by atoms with Gasteiger partial charge in [0.05, 0.1) is 6.61 Å². The maximum absolute atomic E-state index is 11.5. The summed E-state index contributed by atoms with van der Waals surface area (Å²) in [5.41, 5.74) is 4.16. The third kappa shape index (κ3) is 5.85. The fourth-order valence-corrected chi connectivity index (χ4v) is 4.07. The van der Waals surface area contributed by atoms with E-state index in [9.17, 15) is 4.79 Å². The lowest BCUT2D eigenvalue weighted by Gasteiger charge is -2.32. The van der Waals surface area contributed by atoms with Crippen LogP contribution < -0.4 is 0 Å². The maximum Gasteiger partial charge on any atom is 0.304 e. The largest absolute Gasteiger partial charge is 0.435 e. The molecule has 3 heteroatoms. The summed E-state index contributed by atoms with van der Waals surface area (Å²) in [6, 6.07) is 0. The van der Waals surface area contributed by atoms with Crippen LogP contribution in [0.1, 0.15) is 66.7 Å². The van der Waals surface area contributed by atoms with Crippen LogP contribution in [0.3, 0.4) is 0 Å². The molecule has 0 aromatic heterocycles. The van der Waals surface area contributed by atoms with Gasteiger partial charge < -0.3 is 9.47 Å². The second-order valence-corrected chi connectivity index (χ2v) is 7.92. The lowest BCUT2D eigenvalue weighted by molar-refractivity contribution is -0.176. The van der Waals surface area contributed by atoms with Gasteiger partial charge in [-0.1, -0.05) is 36.3 Å². The first-order valence-corrected chi connectivity index (χ1v) is 9.65. The van der Waals surface area contributed by atoms with Crippen LogP contribution >= 0.6 is 0 Å². The summed E-state index contributed by atoms with van der Waals surface area (Å²) in [5.74, 6) is 0.987. The molecule has 2 aliphatic rings. The third-order valence-corrected chi connectivity index (χ3v) is 5.50. The predicted octanol–water partition coefficient (Wildman–Crippen LogP) is 5.58. The number of carbonyl (C=O) groups is 1. The van der Waals surface area contributed by atoms with E-state index in [0.717, 1.165) is 32.1 Å². The number of esters is 1. The second-order valence-electron chi connectivity index (χ2n) is 7.92. The van der Waals surface area contributed by atoms with Gasteiger partial charge in [-0.05, 0) is 70.3 Å². The van der Waals surface area contributed by atoms with Gasteiger partial charge in [-0.3, -0.25) is 4.79 Å². The van der Waals surface area contributed by atoms with Gasteiger partial charge in [0.25, 0.3) is 0 Å². The molecule has 1 heterocycles. The molecule has 1 aliphatic carbocycles. The van der Waals surface area contributed by atoms with Gasteiger partial charge in [0.1, 0.15) is 0 Å². The fourth-order valence-electron chi connectivity index (χ4n) is 4.07. The average molecular weight is 347 g/mol. The Kier molecular flexibility index (Phi) is 7.49. The number of fused-ring (bicyclic) bond motifs is 1. The molecular formula is C22H34O3. The Hall–Kier alpha value is -1.35. The first-order valence-electron chi connectivity index (χ1n) is 9.65. The van der Waals surface area contributed by atoms with E-state index in [1.807, 2.05) is 0 Å². The van der Waals surface area contributed by atoms with Crippen molar-refractivity contribution in [1.82, 2.24) is 0 Å². The van der Waals surface area contributed by atoms with Crippen molar-refractivity contribution in [2.75, 3.05) is 6.61 Å². The highest BCUT2D eigenvalue weighted by Gasteiger charge is 2.42. The quantitative estimate of drug-likeness (QED) is 0.482. The lowest BCUT2D eigenvalue weighted by atomic mass is 9.74. The molecule has 0 saturated carbocycles. The molecule has 0 spiro atoms. The smallest absolute Gasteiger partial charge is 0.304 e. The molecule has 0 aromatic carbocycles. The molecule has 0 aromatic rings. The van der Waals surface area contributed by atoms with Crippen molar-refractivity contribution in [3.63, 3.8) is 0 Å². The van der Waals surface area contributed by atoms with Crippen LogP contribution in [-0.4, -0.2) is 18.9 Å². The van der Waals surface area contributed by atoms with Crippen LogP contribution in [-0.2, 0) is 14.3 Å². The van der Waals surface area contributed by atoms with Crippen LogP contribution in [0.5, 0.6) is 0 Å². The van der Waals surface area contributed by atoms with Gasteiger partial charge in [0.15, 0.2) is 0 Å². The highest BCUT2D eigenvalue weighted by molar-refractivity contribution is 5.66. The minimum absolute atomic E-state index is 0.199. The van der Waals surface area contributed by atoms with Crippen molar-refractivity contribution in [3.05, 3.63) is 34.9 Å². The maximum atomic E-state index is 11.5. The minimum Gasteiger partial charge on any atom is -0.435 e. The topological polar surface area (TPSA) is 35.5 Å². The molecule has 0 radical (unpaired) electrons. The zero-order valence-corrected chi connectivity index (χ0v) is 16.5. The van der Waals surface area contributed by atoms with Crippen LogP contribution in [0.2, 0.25) is 0 Å². The van der Waals surface area contributed by atoms with Gasteiger partial charge >= 0.3 is 5.97 Å². The SMILES string of the molecule is CC(=O)OC1OCC2=CCC=C(C)CCC(C(C)CCC=C(C)C)C21. The molecule has 25 heavy (non-hydrogen) atoms. The highest BCUT2D eigenvalue weighted by Crippen LogP contribution is 2.42. The van der Waals surface area contributed by atoms with E-state index in [4.69, 9.17) is 9.47 Å². The summed E-state index contributed by atoms with van der Waals surface area (Å²) < 4.78 is 11.4. The molecule has 1 aliphatic heterocycles. The van der Waals surface area contributed by atoms with E-state index in [1.165, 1.54) is 23.6 Å². The number of ether oxygens (including phenoxy) is 2. The van der Waals surface area contributed by atoms with Crippen molar-refractivity contribution in [2.24, 2.45) is 17.8 Å². The molecule has 2 rings (SSSR count). The summed E-state index contributed by atoms with van der Waals surface area (Å²) in [5, 5.41) is 0. The van der Waals surface area contributed by atoms with Crippen LogP contribution in [0.15, 0.2) is 34.9 Å². The predicted molar refractivity (Wildman–Crippen MR) is 102 cm³/mol. The van der Waals surface area contributed by atoms with Crippen molar-refractivity contribution in [1.29, 1.82) is 0 Å². The first-order chi connectivity index (χ1) is 11.9. The zero-order valence-electron chi connectivity index (χ0n) is 16.5. The Morgan fingerprint density at radius 1 is 1.36 bits per heavy atom. The molecule has 0 bridgehead atoms. The summed E-state index contributed by atoms with van der Waals surface area (Å²) in [6.07, 6.45) is 12.0. The molecule has 1 fully saturated rings. The molecule has 4 atom stereocenters. The Balaban J connectivity index is 2.21. The van der Waals surface area contributed by atoms with Gasteiger partial charge in [-0.25, -0.2) is 0 Å². The van der Waals surface area contributed by atoms with E-state index in [1.54, 1.807) is 0 Å². The zero-order chi connectivity index (χ0) is 18.4. The molecule has 140 valence electrons. The normalized spacial score (nSPS) is 27.8. The standard InChI is InChI=1S/C22H34O3/c1-15(2)8-6-10-17(4)20-13-12-16(3)9-7-11-19-14-24-22(21(19)20)25-18(5)23/h8-9,11,17,20-22H,6-7,10,12-14H2,1-5H3. The number of hydrogen-bond acceptors (Lipinski definition) is 3. The number of carbonyl (C=O) groups excluding carboxylic acids is 1. The molecule has 3 nitrogen and oxygen atoms in total. The summed E-state index contributed by atoms with van der Waals surface area (Å²) in [7, 11) is 0. The Labute approximate surface area is 153 Å². The minimum atomic E-state index is -0.418. The second kappa shape index (κ2) is 9.38. The van der Waals surface area contributed by atoms with Crippen molar-refractivity contribution in [2.45, 2.75) is 73.0 Å². The van der Waals surface area contributed by atoms with E-state index >= 15 is 0 Å². The summed E-state index contributed by atoms with van der Waals surface area (Å²) in [6.45, 7) is 10.9.